The van der Waals surface area contributed by atoms with Gasteiger partial charge in [-0.05, 0) is 52.6 Å². The highest BCUT2D eigenvalue weighted by Gasteiger charge is 2.46. The highest BCUT2D eigenvalue weighted by atomic mass is 32.1. The van der Waals surface area contributed by atoms with E-state index < -0.39 is 34.3 Å². The second-order valence-electron chi connectivity index (χ2n) is 11.2. The molecule has 0 spiro atoms. The Morgan fingerprint density at radius 1 is 0.737 bits per heavy atom. The van der Waals surface area contributed by atoms with Crippen LogP contribution in [-0.4, -0.2) is 11.6 Å². The predicted molar refractivity (Wildman–Crippen MR) is 146 cm³/mol. The van der Waals surface area contributed by atoms with Crippen LogP contribution in [0.1, 0.15) is 75.5 Å². The van der Waals surface area contributed by atoms with Gasteiger partial charge in [-0.3, -0.25) is 9.59 Å². The molecule has 0 saturated carbocycles. The first kappa shape index (κ1) is 23.2. The number of Topliss-reactive ketones (excluding diaryl/α,β-unsaturated/α-hetero) is 2. The molecule has 0 fully saturated rings. The Balaban J connectivity index is 1.45. The molecule has 0 bridgehead atoms. The topological polar surface area (TPSA) is 37.4 Å². The van der Waals surface area contributed by atoms with Gasteiger partial charge in [-0.2, -0.15) is 0 Å². The summed E-state index contributed by atoms with van der Waals surface area (Å²) in [7, 11) is 0. The molecular weight excluding hydrogens is 500 g/mol. The van der Waals surface area contributed by atoms with Crippen LogP contribution in [0.15, 0.2) is 66.2 Å². The number of hydrogen-bond donors (Lipinski definition) is 0. The molecule has 3 heterocycles. The van der Waals surface area contributed by atoms with Gasteiger partial charge in [0, 0.05) is 15.7 Å². The molecule has 6 heteroatoms. The summed E-state index contributed by atoms with van der Waals surface area (Å²) in [6.07, 6.45) is 1.49. The maximum absolute atomic E-state index is 14.4. The van der Waals surface area contributed by atoms with Crippen molar-refractivity contribution in [1.82, 2.24) is 0 Å². The van der Waals surface area contributed by atoms with Crippen molar-refractivity contribution in [3.63, 3.8) is 0 Å². The molecule has 1 aliphatic carbocycles. The molecule has 4 aromatic rings. The predicted octanol–water partition coefficient (Wildman–Crippen LogP) is 8.24. The second kappa shape index (κ2) is 7.35. The Morgan fingerprint density at radius 2 is 1.29 bits per heavy atom. The smallest absolute Gasteiger partial charge is 0.200 e. The maximum Gasteiger partial charge on any atom is 0.200 e. The average Bonchev–Trinajstić information content (AvgIpc) is 3.42. The molecule has 0 saturated heterocycles. The zero-order valence-corrected chi connectivity index (χ0v) is 22.1. The van der Waals surface area contributed by atoms with E-state index in [1.54, 1.807) is 0 Å². The van der Waals surface area contributed by atoms with Crippen molar-refractivity contribution in [3.05, 3.63) is 116 Å². The molecule has 0 atom stereocenters. The molecule has 3 aliphatic rings. The fraction of sp³-hybridized carbons (Fsp3) is 0.188. The van der Waals surface area contributed by atoms with Gasteiger partial charge in [-0.1, -0.05) is 64.1 Å². The molecular formula is C32H23F2NO2S. The number of nitrogens with zero attached hydrogens (tertiary/aromatic N) is 1. The minimum atomic E-state index is -0.884. The van der Waals surface area contributed by atoms with Crippen LogP contribution >= 0.6 is 11.3 Å². The number of hydrogen-bond acceptors (Lipinski definition) is 4. The molecule has 3 aromatic carbocycles. The van der Waals surface area contributed by atoms with Crippen molar-refractivity contribution in [2.45, 2.75) is 38.5 Å². The summed E-state index contributed by atoms with van der Waals surface area (Å²) < 4.78 is 28.8. The molecule has 2 aliphatic heterocycles. The molecule has 0 amide bonds. The first-order valence-electron chi connectivity index (χ1n) is 12.5. The Labute approximate surface area is 223 Å². The van der Waals surface area contributed by atoms with Crippen molar-refractivity contribution in [2.24, 2.45) is 0 Å². The van der Waals surface area contributed by atoms with E-state index in [1.165, 1.54) is 39.8 Å². The lowest BCUT2D eigenvalue weighted by molar-refractivity contribution is 0.0989. The van der Waals surface area contributed by atoms with E-state index in [0.717, 1.165) is 28.4 Å². The van der Waals surface area contributed by atoms with Crippen LogP contribution in [0.5, 0.6) is 0 Å². The number of ketones is 2. The number of para-hydroxylation sites is 2. The molecule has 7 rings (SSSR count). The number of allylic oxidation sites excluding steroid dienone is 1. The van der Waals surface area contributed by atoms with Gasteiger partial charge in [0.05, 0.1) is 28.1 Å². The lowest BCUT2D eigenvalue weighted by Crippen LogP contribution is -2.37. The Kier molecular flexibility index (Phi) is 4.50. The van der Waals surface area contributed by atoms with E-state index in [0.29, 0.717) is 4.88 Å². The number of thiophene rings is 1. The number of fused-ring (bicyclic) bond motifs is 5. The third kappa shape index (κ3) is 2.76. The summed E-state index contributed by atoms with van der Waals surface area (Å²) >= 11 is 1.48. The molecule has 188 valence electrons. The average molecular weight is 524 g/mol. The van der Waals surface area contributed by atoms with Crippen molar-refractivity contribution in [3.8, 4) is 0 Å². The summed E-state index contributed by atoms with van der Waals surface area (Å²) in [4.78, 5) is 29.1. The van der Waals surface area contributed by atoms with Gasteiger partial charge in [0.15, 0.2) is 0 Å². The fourth-order valence-electron chi connectivity index (χ4n) is 6.34. The van der Waals surface area contributed by atoms with Crippen molar-refractivity contribution >= 4 is 45.4 Å². The van der Waals surface area contributed by atoms with E-state index in [-0.39, 0.29) is 16.4 Å². The third-order valence-corrected chi connectivity index (χ3v) is 9.43. The first-order chi connectivity index (χ1) is 18.0. The maximum atomic E-state index is 14.4. The van der Waals surface area contributed by atoms with E-state index in [1.807, 2.05) is 12.1 Å². The summed E-state index contributed by atoms with van der Waals surface area (Å²) in [6.45, 7) is 8.86. The summed E-state index contributed by atoms with van der Waals surface area (Å²) in [5.74, 6) is -3.32. The number of carbonyl (C=O) groups is 2. The second-order valence-corrected chi connectivity index (χ2v) is 12.2. The number of carbonyl (C=O) groups excluding carboxylic acids is 2. The molecule has 0 N–H and O–H groups in total. The number of rotatable bonds is 1. The van der Waals surface area contributed by atoms with Gasteiger partial charge in [-0.15, -0.1) is 11.3 Å². The van der Waals surface area contributed by atoms with Crippen LogP contribution in [0, 0.1) is 11.6 Å². The van der Waals surface area contributed by atoms with E-state index >= 15 is 0 Å². The van der Waals surface area contributed by atoms with Crippen LogP contribution in [0.4, 0.5) is 25.2 Å². The molecule has 1 aromatic heterocycles. The highest BCUT2D eigenvalue weighted by Crippen LogP contribution is 2.61. The number of benzene rings is 3. The molecule has 0 unspecified atom stereocenters. The lowest BCUT2D eigenvalue weighted by Gasteiger charge is -2.48. The highest BCUT2D eigenvalue weighted by molar-refractivity contribution is 7.17. The number of anilines is 3. The lowest BCUT2D eigenvalue weighted by atomic mass is 9.67. The Bertz CT molecular complexity index is 1750. The standard InChI is InChI=1S/C32H23F2NO2S/c1-31(2)18-8-5-6-11-24(18)35-27-19(31)9-7-10-20(27)32(3,4)21-15-16(38-30(21)35)14-17-28(36)25-22(33)12-13-23(34)26(25)29(17)37/h5-15H,1-4H3. The SMILES string of the molecule is CC1(C)c2ccccc2N2c3sc(C=C4C(=O)c5c(F)ccc(F)c5C4=O)cc3C(C)(C)c3cccc1c32. The minimum Gasteiger partial charge on any atom is -0.301 e. The van der Waals surface area contributed by atoms with Gasteiger partial charge in [0.2, 0.25) is 11.6 Å². The van der Waals surface area contributed by atoms with Crippen LogP contribution in [0.2, 0.25) is 0 Å². The van der Waals surface area contributed by atoms with E-state index in [9.17, 15) is 18.4 Å². The zero-order valence-electron chi connectivity index (χ0n) is 21.3. The van der Waals surface area contributed by atoms with Crippen LogP contribution in [0.3, 0.4) is 0 Å². The number of halogens is 2. The fourth-order valence-corrected chi connectivity index (χ4v) is 7.62. The van der Waals surface area contributed by atoms with E-state index in [4.69, 9.17) is 0 Å². The quantitative estimate of drug-likeness (QED) is 0.186. The Morgan fingerprint density at radius 3 is 1.92 bits per heavy atom. The monoisotopic (exact) mass is 523 g/mol. The van der Waals surface area contributed by atoms with Crippen LogP contribution in [0.25, 0.3) is 6.08 Å². The largest absolute Gasteiger partial charge is 0.301 e. The summed E-state index contributed by atoms with van der Waals surface area (Å²) in [6, 6.07) is 18.6. The minimum absolute atomic E-state index is 0.198. The van der Waals surface area contributed by atoms with Crippen molar-refractivity contribution < 1.29 is 18.4 Å². The summed E-state index contributed by atoms with van der Waals surface area (Å²) in [5, 5.41) is 1.01. The first-order valence-corrected chi connectivity index (χ1v) is 13.3. The van der Waals surface area contributed by atoms with Gasteiger partial charge in [0.25, 0.3) is 0 Å². The van der Waals surface area contributed by atoms with Crippen LogP contribution in [-0.2, 0) is 10.8 Å². The molecule has 0 radical (unpaired) electrons. The van der Waals surface area contributed by atoms with E-state index in [2.05, 4.69) is 69.0 Å². The molecule has 38 heavy (non-hydrogen) atoms. The van der Waals surface area contributed by atoms with Gasteiger partial charge >= 0.3 is 0 Å². The Hall–Kier alpha value is -3.90. The van der Waals surface area contributed by atoms with Crippen molar-refractivity contribution in [2.75, 3.05) is 4.90 Å². The zero-order chi connectivity index (χ0) is 26.7. The third-order valence-electron chi connectivity index (χ3n) is 8.37. The normalized spacial score (nSPS) is 17.6. The van der Waals surface area contributed by atoms with Crippen LogP contribution < -0.4 is 4.90 Å². The molecule has 3 nitrogen and oxygen atoms in total. The van der Waals surface area contributed by atoms with Gasteiger partial charge < -0.3 is 4.90 Å². The summed E-state index contributed by atoms with van der Waals surface area (Å²) in [5.41, 5.74) is 5.27. The van der Waals surface area contributed by atoms with Crippen molar-refractivity contribution in [1.29, 1.82) is 0 Å². The van der Waals surface area contributed by atoms with Gasteiger partial charge in [-0.25, -0.2) is 8.78 Å². The van der Waals surface area contributed by atoms with Gasteiger partial charge in [0.1, 0.15) is 16.6 Å².